The van der Waals surface area contributed by atoms with Crippen LogP contribution in [0.1, 0.15) is 26.0 Å². The molecule has 3 N–H and O–H groups in total. The molecule has 1 aliphatic rings. The van der Waals surface area contributed by atoms with Crippen LogP contribution in [0.2, 0.25) is 0 Å². The summed E-state index contributed by atoms with van der Waals surface area (Å²) in [4.78, 5) is 34.8. The third-order valence-electron chi connectivity index (χ3n) is 4.10. The monoisotopic (exact) mass is 384 g/mol. The molecule has 2 aromatic rings. The summed E-state index contributed by atoms with van der Waals surface area (Å²) in [7, 11) is 0. The maximum atomic E-state index is 12.0. The van der Waals surface area contributed by atoms with Crippen LogP contribution in [0.25, 0.3) is 11.2 Å². The van der Waals surface area contributed by atoms with Crippen LogP contribution in [-0.2, 0) is 14.3 Å². The third-order valence-corrected chi connectivity index (χ3v) is 4.76. The zero-order chi connectivity index (χ0) is 18.8. The fourth-order valence-corrected chi connectivity index (χ4v) is 3.46. The van der Waals surface area contributed by atoms with Crippen LogP contribution in [0.15, 0.2) is 16.3 Å². The third kappa shape index (κ3) is 3.22. The number of hydrogen-bond donors (Lipinski definition) is 3. The Bertz CT molecular complexity index is 852. The average Bonchev–Trinajstić information content (AvgIpc) is 3.14. The number of aliphatic hydroxyl groups excluding tert-OH is 2. The molecule has 10 nitrogen and oxygen atoms in total. The second-order valence-electron chi connectivity index (χ2n) is 5.82. The maximum absolute atomic E-state index is 12.0. The summed E-state index contributed by atoms with van der Waals surface area (Å²) in [6.07, 6.45) is -0.400. The maximum Gasteiger partial charge on any atom is 0.306 e. The molecule has 142 valence electrons. The Balaban J connectivity index is 2.07. The first-order valence-electron chi connectivity index (χ1n) is 8.15. The molecule has 0 radical (unpaired) electrons. The molecule has 1 aliphatic heterocycles. The number of fused-ring (bicyclic) bond motifs is 1. The van der Waals surface area contributed by atoms with Gasteiger partial charge in [-0.1, -0.05) is 18.7 Å². The van der Waals surface area contributed by atoms with E-state index in [4.69, 9.17) is 9.47 Å². The lowest BCUT2D eigenvalue weighted by atomic mass is 10.1. The Morgan fingerprint density at radius 2 is 2.31 bits per heavy atom. The highest BCUT2D eigenvalue weighted by molar-refractivity contribution is 7.98. The second-order valence-corrected chi connectivity index (χ2v) is 6.59. The van der Waals surface area contributed by atoms with Crippen molar-refractivity contribution in [2.45, 2.75) is 49.5 Å². The van der Waals surface area contributed by atoms with Crippen molar-refractivity contribution in [3.05, 3.63) is 16.7 Å². The molecular formula is C15H20N4O6S. The molecule has 3 rings (SSSR count). The van der Waals surface area contributed by atoms with E-state index < -0.39 is 42.7 Å². The fraction of sp³-hybridized carbons (Fsp3) is 0.600. The highest BCUT2D eigenvalue weighted by Crippen LogP contribution is 2.36. The predicted molar refractivity (Wildman–Crippen MR) is 91.7 cm³/mol. The predicted octanol–water partition coefficient (Wildman–Crippen LogP) is -0.196. The normalized spacial score (nSPS) is 25.7. The summed E-state index contributed by atoms with van der Waals surface area (Å²) < 4.78 is 12.7. The van der Waals surface area contributed by atoms with Gasteiger partial charge >= 0.3 is 5.97 Å². The molecule has 26 heavy (non-hydrogen) atoms. The number of aromatic nitrogens is 4. The van der Waals surface area contributed by atoms with Gasteiger partial charge in [-0.2, -0.15) is 0 Å². The van der Waals surface area contributed by atoms with Gasteiger partial charge in [0, 0.05) is 6.42 Å². The van der Waals surface area contributed by atoms with Crippen LogP contribution >= 0.6 is 11.8 Å². The topological polar surface area (TPSA) is 140 Å². The van der Waals surface area contributed by atoms with E-state index in [1.165, 1.54) is 22.7 Å². The van der Waals surface area contributed by atoms with Crippen LogP contribution in [0, 0.1) is 0 Å². The second kappa shape index (κ2) is 7.74. The van der Waals surface area contributed by atoms with Gasteiger partial charge in [0.25, 0.3) is 5.56 Å². The van der Waals surface area contributed by atoms with E-state index in [-0.39, 0.29) is 17.6 Å². The van der Waals surface area contributed by atoms with Crippen molar-refractivity contribution in [1.82, 2.24) is 19.5 Å². The van der Waals surface area contributed by atoms with Gasteiger partial charge in [-0.25, -0.2) is 9.97 Å². The summed E-state index contributed by atoms with van der Waals surface area (Å²) >= 11 is 1.25. The van der Waals surface area contributed by atoms with Crippen LogP contribution in [0.5, 0.6) is 0 Å². The van der Waals surface area contributed by atoms with Crippen LogP contribution in [0.4, 0.5) is 0 Å². The van der Waals surface area contributed by atoms with Gasteiger partial charge in [0.1, 0.15) is 12.2 Å². The van der Waals surface area contributed by atoms with E-state index >= 15 is 0 Å². The number of carbonyl (C=O) groups is 1. The smallest absolute Gasteiger partial charge is 0.306 e. The zero-order valence-corrected chi connectivity index (χ0v) is 15.1. The molecule has 0 saturated carbocycles. The molecule has 2 aromatic heterocycles. The molecule has 11 heteroatoms. The highest BCUT2D eigenvalue weighted by atomic mass is 32.2. The Kier molecular flexibility index (Phi) is 5.61. The summed E-state index contributed by atoms with van der Waals surface area (Å²) in [5, 5.41) is 20.3. The standard InChI is InChI=1S/C15H20N4O6S/c1-3-4-8(21)25-11-10(22)7(5-20)24-14(11)19-12-9(18-15(19)26-2)13(23)17-6-16-12/h6-7,10-11,14,20,22H,3-5H2,1-2H3,(H,16,17,23)/t7-,10?,11?,14-/m1/s1. The molecule has 4 atom stereocenters. The highest BCUT2D eigenvalue weighted by Gasteiger charge is 2.48. The lowest BCUT2D eigenvalue weighted by Crippen LogP contribution is -2.37. The Labute approximate surface area is 152 Å². The Hall–Kier alpha value is -1.95. The number of aliphatic hydroxyl groups is 2. The first-order valence-corrected chi connectivity index (χ1v) is 9.37. The summed E-state index contributed by atoms with van der Waals surface area (Å²) in [6, 6.07) is 0. The lowest BCUT2D eigenvalue weighted by molar-refractivity contribution is -0.158. The minimum Gasteiger partial charge on any atom is -0.455 e. The molecular weight excluding hydrogens is 364 g/mol. The van der Waals surface area contributed by atoms with Crippen molar-refractivity contribution in [2.24, 2.45) is 0 Å². The van der Waals surface area contributed by atoms with E-state index in [1.807, 2.05) is 6.92 Å². The van der Waals surface area contributed by atoms with Crippen molar-refractivity contribution in [3.8, 4) is 0 Å². The number of esters is 1. The van der Waals surface area contributed by atoms with Crippen LogP contribution in [0.3, 0.4) is 0 Å². The van der Waals surface area contributed by atoms with E-state index in [9.17, 15) is 19.8 Å². The van der Waals surface area contributed by atoms with Crippen molar-refractivity contribution < 1.29 is 24.5 Å². The van der Waals surface area contributed by atoms with Gasteiger partial charge < -0.3 is 24.7 Å². The van der Waals surface area contributed by atoms with E-state index in [2.05, 4.69) is 15.0 Å². The number of imidazole rings is 1. The van der Waals surface area contributed by atoms with Gasteiger partial charge in [-0.3, -0.25) is 14.2 Å². The molecule has 1 fully saturated rings. The SMILES string of the molecule is CCCC(=O)OC1C(O)[C@@H](CO)O[C@H]1n1c(SC)nc2c(=O)[nH]cnc21. The van der Waals surface area contributed by atoms with Crippen LogP contribution in [-0.4, -0.2) is 66.9 Å². The number of carbonyl (C=O) groups excluding carboxylic acids is 1. The van der Waals surface area contributed by atoms with Crippen molar-refractivity contribution in [2.75, 3.05) is 12.9 Å². The quantitative estimate of drug-likeness (QED) is 0.456. The van der Waals surface area contributed by atoms with E-state index in [0.717, 1.165) is 0 Å². The summed E-state index contributed by atoms with van der Waals surface area (Å²) in [5.74, 6) is -0.482. The largest absolute Gasteiger partial charge is 0.455 e. The molecule has 0 aliphatic carbocycles. The number of rotatable bonds is 6. The average molecular weight is 384 g/mol. The van der Waals surface area contributed by atoms with Gasteiger partial charge in [-0.15, -0.1) is 0 Å². The molecule has 0 spiro atoms. The van der Waals surface area contributed by atoms with Crippen molar-refractivity contribution in [1.29, 1.82) is 0 Å². The van der Waals surface area contributed by atoms with Crippen molar-refractivity contribution in [3.63, 3.8) is 0 Å². The van der Waals surface area contributed by atoms with Crippen LogP contribution < -0.4 is 5.56 Å². The number of hydrogen-bond acceptors (Lipinski definition) is 9. The van der Waals surface area contributed by atoms with E-state index in [1.54, 1.807) is 6.26 Å². The van der Waals surface area contributed by atoms with Gasteiger partial charge in [-0.05, 0) is 12.7 Å². The molecule has 0 amide bonds. The Morgan fingerprint density at radius 1 is 1.54 bits per heavy atom. The molecule has 0 bridgehead atoms. The number of nitrogens with one attached hydrogen (secondary N) is 1. The lowest BCUT2D eigenvalue weighted by Gasteiger charge is -2.23. The Morgan fingerprint density at radius 3 is 2.96 bits per heavy atom. The zero-order valence-electron chi connectivity index (χ0n) is 14.3. The minimum absolute atomic E-state index is 0.112. The van der Waals surface area contributed by atoms with Gasteiger partial charge in [0.05, 0.1) is 12.9 Å². The molecule has 0 aromatic carbocycles. The number of aromatic amines is 1. The van der Waals surface area contributed by atoms with Gasteiger partial charge in [0.2, 0.25) is 0 Å². The minimum atomic E-state index is -1.22. The number of nitrogens with zero attached hydrogens (tertiary/aromatic N) is 3. The first-order chi connectivity index (χ1) is 12.5. The number of ether oxygens (including phenoxy) is 2. The fourth-order valence-electron chi connectivity index (χ4n) is 2.89. The first kappa shape index (κ1) is 18.8. The summed E-state index contributed by atoms with van der Waals surface area (Å²) in [5.41, 5.74) is -0.0627. The molecule has 2 unspecified atom stereocenters. The number of thioether (sulfide) groups is 1. The number of H-pyrrole nitrogens is 1. The van der Waals surface area contributed by atoms with E-state index in [0.29, 0.717) is 11.6 Å². The van der Waals surface area contributed by atoms with Crippen molar-refractivity contribution >= 4 is 28.9 Å². The molecule has 3 heterocycles. The molecule has 1 saturated heterocycles. The van der Waals surface area contributed by atoms with Gasteiger partial charge in [0.15, 0.2) is 28.7 Å². The summed E-state index contributed by atoms with van der Waals surface area (Å²) in [6.45, 7) is 1.39.